The second-order valence-electron chi connectivity index (χ2n) is 40.6. The van der Waals surface area contributed by atoms with Gasteiger partial charge < -0.3 is 45.0 Å². The van der Waals surface area contributed by atoms with Gasteiger partial charge in [-0.15, -0.1) is 0 Å². The third kappa shape index (κ3) is 13.9. The van der Waals surface area contributed by atoms with Crippen LogP contribution in [0.5, 0.6) is 5.75 Å². The molecule has 12 fully saturated rings. The molecule has 4 unspecified atom stereocenters. The van der Waals surface area contributed by atoms with E-state index < -0.39 is 0 Å². The van der Waals surface area contributed by atoms with Crippen LogP contribution in [0, 0.1) is 128 Å². The topological polar surface area (TPSA) is 214 Å². The highest BCUT2D eigenvalue weighted by Gasteiger charge is 2.64. The lowest BCUT2D eigenvalue weighted by atomic mass is 9.48. The lowest BCUT2D eigenvalue weighted by Crippen LogP contribution is -2.53. The van der Waals surface area contributed by atoms with E-state index in [9.17, 15) is 19.2 Å². The summed E-state index contributed by atoms with van der Waals surface area (Å²) in [6.45, 7) is 31.7. The van der Waals surface area contributed by atoms with Crippen molar-refractivity contribution in [2.45, 2.75) is 268 Å². The van der Waals surface area contributed by atoms with E-state index in [2.05, 4.69) is 172 Å². The van der Waals surface area contributed by atoms with Crippen LogP contribution in [0.1, 0.15) is 262 Å². The summed E-state index contributed by atoms with van der Waals surface area (Å²) in [5.41, 5.74) is 16.4. The Morgan fingerprint density at radius 1 is 0.348 bits per heavy atom. The molecular weight excluding hydrogens is 1430 g/mol. The number of hydrogen-bond donors (Lipinski definition) is 4. The first-order valence-electron chi connectivity index (χ1n) is 45.2. The van der Waals surface area contributed by atoms with Crippen molar-refractivity contribution in [3.8, 4) is 5.75 Å². The van der Waals surface area contributed by atoms with Crippen molar-refractivity contribution in [2.75, 3.05) is 32.8 Å². The maximum absolute atomic E-state index is 12.0. The van der Waals surface area contributed by atoms with E-state index in [-0.39, 0.29) is 92.1 Å². The number of ether oxygens (including phenoxy) is 5. The average molecular weight is 1570 g/mol. The molecule has 0 aromatic carbocycles. The molecule has 4 N–H and O–H groups in total. The van der Waals surface area contributed by atoms with Crippen molar-refractivity contribution in [2.24, 2.45) is 114 Å². The number of fused-ring (bicyclic) bond motifs is 20. The second-order valence-corrected chi connectivity index (χ2v) is 40.6. The summed E-state index contributed by atoms with van der Waals surface area (Å²) in [6.07, 6.45) is 53.7. The zero-order chi connectivity index (χ0) is 80.2. The van der Waals surface area contributed by atoms with Crippen LogP contribution in [0.4, 0.5) is 19.2 Å². The van der Waals surface area contributed by atoms with Crippen LogP contribution in [0.25, 0.3) is 22.3 Å². The maximum Gasteiger partial charge on any atom is 0.407 e. The molecule has 0 radical (unpaired) electrons. The van der Waals surface area contributed by atoms with E-state index in [4.69, 9.17) is 23.7 Å². The molecule has 12 aliphatic carbocycles. The minimum Gasteiger partial charge on any atom is -0.492 e. The molecule has 8 saturated carbocycles. The molecule has 4 saturated heterocycles. The summed E-state index contributed by atoms with van der Waals surface area (Å²) in [5, 5.41) is 11.7. The third-order valence-corrected chi connectivity index (χ3v) is 35.4. The fourth-order valence-electron chi connectivity index (χ4n) is 29.4. The van der Waals surface area contributed by atoms with Crippen molar-refractivity contribution < 1.29 is 42.9 Å². The fourth-order valence-corrected chi connectivity index (χ4v) is 29.4. The fraction of sp³-hybridized carbons (Fsp3) is 0.673. The molecule has 0 bridgehead atoms. The minimum absolute atomic E-state index is 0.0616. The lowest BCUT2D eigenvalue weighted by molar-refractivity contribution is -0.113. The first-order valence-corrected chi connectivity index (χ1v) is 45.2. The third-order valence-electron chi connectivity index (χ3n) is 35.4. The first kappa shape index (κ1) is 79.9. The van der Waals surface area contributed by atoms with Gasteiger partial charge in [-0.05, 0) is 359 Å². The number of carbonyl (C=O) groups excluding carboxylic acids is 4. The van der Waals surface area contributed by atoms with Gasteiger partial charge in [-0.25, -0.2) is 19.2 Å². The summed E-state index contributed by atoms with van der Waals surface area (Å²) in [7, 11) is 0. The Bertz CT molecular complexity index is 4360. The largest absolute Gasteiger partial charge is 0.492 e. The molecule has 115 heavy (non-hydrogen) atoms. The van der Waals surface area contributed by atoms with Crippen molar-refractivity contribution in [3.63, 3.8) is 0 Å². The Morgan fingerprint density at radius 3 is 0.930 bits per heavy atom. The highest BCUT2D eigenvalue weighted by atomic mass is 16.6. The predicted molar refractivity (Wildman–Crippen MR) is 450 cm³/mol. The summed E-state index contributed by atoms with van der Waals surface area (Å²) in [4.78, 5) is 65.8. The van der Waals surface area contributed by atoms with E-state index in [1.807, 2.05) is 50.3 Å². The Morgan fingerprint density at radius 2 is 0.635 bits per heavy atom. The standard InChI is InChI=1S/C25H34N2O3.C25H34N2O2.2C24H32N2O2/c1-4-29-17-13-16(14-26-15-17)19-6-7-20-18-5-8-22-25(3,11-12-27-23(28)30-22)21(18)9-10-24(19,20)2;1-4-16-13-17(15-26-14-16)19-6-7-20-18-5-8-22-25(3,11-12-27-23(28)29-22)21(18)9-10-24(19,20)2;2*1-15-12-16(14-25-13-15)18-5-6-19-17-4-7-21-24(3,10-11-26-22(27)28-21)20(17)8-9-23(18,19)2/h6,13-15,18,20-22H,4-5,7-12H2,1-3H3,(H,27,28);6,13-15,18,20-22H,4-5,7-12H2,1-3H3,(H,27,28);2*5,12-14,17,19-21H,4,6-11H2,1-3H3,(H,26,27)/t2*18-,20-,21-,22?,24+,25+;2*17-,19-,20-,21?,23+,24+/m0000/s1. The first-order chi connectivity index (χ1) is 55.2. The zero-order valence-corrected chi connectivity index (χ0v) is 71.2. The molecule has 4 aromatic rings. The van der Waals surface area contributed by atoms with Crippen LogP contribution in [0.3, 0.4) is 0 Å². The average Bonchev–Trinajstić information content (AvgIpc) is 1.62. The monoisotopic (exact) mass is 1570 g/mol. The molecule has 4 aromatic heterocycles. The number of alkyl carbamates (subject to hydrolysis) is 4. The Hall–Kier alpha value is -7.56. The number of pyridine rings is 4. The number of nitrogens with one attached hydrogen (secondary N) is 4. The molecule has 16 aliphatic rings. The highest BCUT2D eigenvalue weighted by molar-refractivity contribution is 5.77. The summed E-state index contributed by atoms with van der Waals surface area (Å²) in [5.74, 6) is 9.07. The van der Waals surface area contributed by atoms with Crippen LogP contribution in [0.15, 0.2) is 98.1 Å². The molecule has 24 atom stereocenters. The predicted octanol–water partition coefficient (Wildman–Crippen LogP) is 20.8. The van der Waals surface area contributed by atoms with E-state index in [1.54, 1.807) is 0 Å². The van der Waals surface area contributed by atoms with E-state index in [1.165, 1.54) is 151 Å². The van der Waals surface area contributed by atoms with Gasteiger partial charge in [-0.3, -0.25) is 19.9 Å². The number of rotatable bonds is 7. The van der Waals surface area contributed by atoms with Gasteiger partial charge in [0.1, 0.15) is 30.2 Å². The molecule has 20 rings (SSSR count). The van der Waals surface area contributed by atoms with E-state index in [0.29, 0.717) is 59.9 Å². The maximum atomic E-state index is 12.0. The van der Waals surface area contributed by atoms with Crippen molar-refractivity contribution >= 4 is 46.7 Å². The minimum atomic E-state index is -0.227. The van der Waals surface area contributed by atoms with Crippen LogP contribution in [0.2, 0.25) is 0 Å². The van der Waals surface area contributed by atoms with E-state index in [0.717, 1.165) is 120 Å². The van der Waals surface area contributed by atoms with Gasteiger partial charge in [0.15, 0.2) is 0 Å². The normalized spacial score (nSPS) is 41.4. The zero-order valence-electron chi connectivity index (χ0n) is 71.2. The number of aromatic nitrogens is 4. The number of nitrogens with zero attached hydrogens (tertiary/aromatic N) is 4. The number of carbonyl (C=O) groups is 4. The van der Waals surface area contributed by atoms with Crippen LogP contribution >= 0.6 is 0 Å². The molecule has 4 amide bonds. The van der Waals surface area contributed by atoms with Gasteiger partial charge in [-0.1, -0.05) is 86.6 Å². The van der Waals surface area contributed by atoms with E-state index >= 15 is 0 Å². The quantitative estimate of drug-likeness (QED) is 0.127. The molecular formula is C98H132N8O9. The summed E-state index contributed by atoms with van der Waals surface area (Å²) < 4.78 is 29.1. The second kappa shape index (κ2) is 31.0. The van der Waals surface area contributed by atoms with Gasteiger partial charge in [-0.2, -0.15) is 0 Å². The van der Waals surface area contributed by atoms with Gasteiger partial charge >= 0.3 is 24.4 Å². The molecule has 8 heterocycles. The molecule has 17 nitrogen and oxygen atoms in total. The SMILES string of the molecule is CCOc1cncc(C2=CC[C@H]3[C@@H]4CCC5OC(=O)NCC[C@]5(C)[C@H]4CC[C@]23C)c1.CCc1cncc(C2=CC[C@H]3[C@@H]4CCC5OC(=O)NCC[C@]5(C)[C@H]4CC[C@]23C)c1.Cc1cncc(C2=CC[C@H]3[C@@H]4CCC5OC(=O)NCC[C@]5(C)[C@H]4CC[C@]23C)c1.Cc1cncc(C2=CC[C@H]3[C@@H]4CCC5OC(=O)NCC[C@]5(C)[C@H]4CC[C@]23C)c1. The van der Waals surface area contributed by atoms with Crippen molar-refractivity contribution in [3.05, 3.63) is 137 Å². The smallest absolute Gasteiger partial charge is 0.407 e. The van der Waals surface area contributed by atoms with Crippen LogP contribution in [-0.4, -0.2) is 102 Å². The Balaban J connectivity index is 0.000000111. The van der Waals surface area contributed by atoms with Crippen LogP contribution in [-0.2, 0) is 25.4 Å². The van der Waals surface area contributed by atoms with Gasteiger partial charge in [0.25, 0.3) is 0 Å². The Labute approximate surface area is 685 Å². The van der Waals surface area contributed by atoms with Crippen molar-refractivity contribution in [1.29, 1.82) is 0 Å². The number of hydrogen-bond acceptors (Lipinski definition) is 13. The molecule has 17 heteroatoms. The summed E-state index contributed by atoms with van der Waals surface area (Å²) >= 11 is 0. The lowest BCUT2D eigenvalue weighted by Gasteiger charge is -2.57. The molecule has 0 spiro atoms. The number of amides is 4. The molecule has 618 valence electrons. The Kier molecular flexibility index (Phi) is 21.5. The number of allylic oxidation sites excluding steroid dienone is 8. The molecule has 4 aliphatic heterocycles. The van der Waals surface area contributed by atoms with Gasteiger partial charge in [0.05, 0.1) is 12.8 Å². The highest BCUT2D eigenvalue weighted by Crippen LogP contribution is 2.71. The van der Waals surface area contributed by atoms with Gasteiger partial charge in [0.2, 0.25) is 0 Å². The summed E-state index contributed by atoms with van der Waals surface area (Å²) in [6, 6.07) is 9.12. The van der Waals surface area contributed by atoms with Crippen LogP contribution < -0.4 is 26.0 Å². The van der Waals surface area contributed by atoms with Gasteiger partial charge in [0, 0.05) is 91.2 Å². The van der Waals surface area contributed by atoms with Crippen molar-refractivity contribution in [1.82, 2.24) is 41.2 Å². The number of aryl methyl sites for hydroxylation is 3.